The topological polar surface area (TPSA) is 38.3 Å². The van der Waals surface area contributed by atoms with E-state index in [0.717, 1.165) is 18.5 Å². The fraction of sp³-hybridized carbons (Fsp3) is 0.308. The van der Waals surface area contributed by atoms with Crippen LogP contribution in [-0.2, 0) is 4.74 Å². The lowest BCUT2D eigenvalue weighted by Gasteiger charge is -1.98. The number of hydrogen-bond donors (Lipinski definition) is 1. The summed E-state index contributed by atoms with van der Waals surface area (Å²) >= 11 is 0. The molecule has 3 nitrogen and oxygen atoms in total. The monoisotopic (exact) mass is 217 g/mol. The minimum absolute atomic E-state index is 0.324. The van der Waals surface area contributed by atoms with Crippen molar-refractivity contribution in [3.63, 3.8) is 0 Å². The molecule has 0 atom stereocenters. The second-order valence-electron chi connectivity index (χ2n) is 3.22. The Kier molecular flexibility index (Phi) is 5.10. The minimum Gasteiger partial charge on any atom is -0.465 e. The third-order valence-corrected chi connectivity index (χ3v) is 2.04. The van der Waals surface area contributed by atoms with Crippen molar-refractivity contribution in [3.05, 3.63) is 35.4 Å². The highest BCUT2D eigenvalue weighted by Crippen LogP contribution is 2.04. The van der Waals surface area contributed by atoms with Gasteiger partial charge in [-0.15, -0.1) is 0 Å². The van der Waals surface area contributed by atoms with Crippen LogP contribution in [0.25, 0.3) is 0 Å². The van der Waals surface area contributed by atoms with E-state index in [4.69, 9.17) is 0 Å². The third-order valence-electron chi connectivity index (χ3n) is 2.04. The van der Waals surface area contributed by atoms with Crippen molar-refractivity contribution in [2.24, 2.45) is 0 Å². The molecule has 84 valence electrons. The molecule has 0 saturated carbocycles. The minimum atomic E-state index is -0.324. The summed E-state index contributed by atoms with van der Waals surface area (Å²) in [5.41, 5.74) is 1.45. The highest BCUT2D eigenvalue weighted by Gasteiger charge is 2.02. The molecular weight excluding hydrogens is 202 g/mol. The lowest BCUT2D eigenvalue weighted by atomic mass is 10.1. The molecule has 16 heavy (non-hydrogen) atoms. The summed E-state index contributed by atoms with van der Waals surface area (Å²) in [4.78, 5) is 11.2. The molecule has 0 spiro atoms. The first-order chi connectivity index (χ1) is 7.77. The van der Waals surface area contributed by atoms with Crippen molar-refractivity contribution in [3.8, 4) is 11.8 Å². The van der Waals surface area contributed by atoms with Crippen LogP contribution in [0.2, 0.25) is 0 Å². The van der Waals surface area contributed by atoms with Crippen molar-refractivity contribution < 1.29 is 9.53 Å². The fourth-order valence-electron chi connectivity index (χ4n) is 1.16. The Hall–Kier alpha value is -1.79. The van der Waals surface area contributed by atoms with E-state index in [1.807, 2.05) is 19.2 Å². The SMILES string of the molecule is CNCCC#Cc1ccc(C(=O)OC)cc1. The first-order valence-corrected chi connectivity index (χ1v) is 5.09. The van der Waals surface area contributed by atoms with Crippen molar-refractivity contribution in [2.75, 3.05) is 20.7 Å². The first kappa shape index (κ1) is 12.3. The molecule has 0 bridgehead atoms. The lowest BCUT2D eigenvalue weighted by molar-refractivity contribution is 0.0601. The molecule has 0 aliphatic rings. The molecular formula is C13H15NO2. The highest BCUT2D eigenvalue weighted by molar-refractivity contribution is 5.89. The van der Waals surface area contributed by atoms with Crippen LogP contribution in [0, 0.1) is 11.8 Å². The van der Waals surface area contributed by atoms with Crippen LogP contribution in [-0.4, -0.2) is 26.7 Å². The molecule has 1 aromatic carbocycles. The Bertz CT molecular complexity index is 398. The van der Waals surface area contributed by atoms with Gasteiger partial charge in [-0.1, -0.05) is 11.8 Å². The largest absolute Gasteiger partial charge is 0.465 e. The molecule has 0 saturated heterocycles. The number of carbonyl (C=O) groups excluding carboxylic acids is 1. The van der Waals surface area contributed by atoms with E-state index in [1.165, 1.54) is 7.11 Å². The van der Waals surface area contributed by atoms with E-state index in [9.17, 15) is 4.79 Å². The van der Waals surface area contributed by atoms with Crippen molar-refractivity contribution in [2.45, 2.75) is 6.42 Å². The number of methoxy groups -OCH3 is 1. The zero-order chi connectivity index (χ0) is 11.8. The lowest BCUT2D eigenvalue weighted by Crippen LogP contribution is -2.05. The molecule has 1 rings (SSSR count). The first-order valence-electron chi connectivity index (χ1n) is 5.09. The second-order valence-corrected chi connectivity index (χ2v) is 3.22. The number of benzene rings is 1. The molecule has 0 unspecified atom stereocenters. The third kappa shape index (κ3) is 3.76. The molecule has 0 aliphatic heterocycles. The second kappa shape index (κ2) is 6.65. The number of ether oxygens (including phenoxy) is 1. The van der Waals surface area contributed by atoms with Crippen LogP contribution in [0.15, 0.2) is 24.3 Å². The molecule has 3 heteroatoms. The van der Waals surface area contributed by atoms with Gasteiger partial charge >= 0.3 is 5.97 Å². The van der Waals surface area contributed by atoms with Gasteiger partial charge in [0.05, 0.1) is 12.7 Å². The molecule has 0 amide bonds. The van der Waals surface area contributed by atoms with Crippen molar-refractivity contribution in [1.29, 1.82) is 0 Å². The van der Waals surface area contributed by atoms with Crippen LogP contribution in [0.4, 0.5) is 0 Å². The van der Waals surface area contributed by atoms with E-state index < -0.39 is 0 Å². The van der Waals surface area contributed by atoms with Gasteiger partial charge in [-0.25, -0.2) is 4.79 Å². The van der Waals surface area contributed by atoms with Gasteiger partial charge in [0, 0.05) is 18.5 Å². The molecule has 1 N–H and O–H groups in total. The van der Waals surface area contributed by atoms with Gasteiger partial charge in [-0.2, -0.15) is 0 Å². The quantitative estimate of drug-likeness (QED) is 0.473. The van der Waals surface area contributed by atoms with Crippen LogP contribution >= 0.6 is 0 Å². The normalized spacial score (nSPS) is 9.12. The molecule has 0 aromatic heterocycles. The van der Waals surface area contributed by atoms with Gasteiger partial charge in [0.1, 0.15) is 0 Å². The summed E-state index contributed by atoms with van der Waals surface area (Å²) in [6.45, 7) is 0.882. The van der Waals surface area contributed by atoms with Gasteiger partial charge in [0.15, 0.2) is 0 Å². The Morgan fingerprint density at radius 3 is 2.62 bits per heavy atom. The van der Waals surface area contributed by atoms with Gasteiger partial charge in [0.2, 0.25) is 0 Å². The fourth-order valence-corrected chi connectivity index (χ4v) is 1.16. The van der Waals surface area contributed by atoms with Crippen LogP contribution in [0.1, 0.15) is 22.3 Å². The number of rotatable bonds is 3. The number of hydrogen-bond acceptors (Lipinski definition) is 3. The van der Waals surface area contributed by atoms with Crippen molar-refractivity contribution in [1.82, 2.24) is 5.32 Å². The Balaban J connectivity index is 2.63. The zero-order valence-electron chi connectivity index (χ0n) is 9.54. The van der Waals surface area contributed by atoms with Crippen LogP contribution in [0.5, 0.6) is 0 Å². The smallest absolute Gasteiger partial charge is 0.337 e. The Morgan fingerprint density at radius 1 is 1.38 bits per heavy atom. The van der Waals surface area contributed by atoms with Gasteiger partial charge in [-0.3, -0.25) is 0 Å². The maximum Gasteiger partial charge on any atom is 0.337 e. The summed E-state index contributed by atoms with van der Waals surface area (Å²) in [6, 6.07) is 7.07. The summed E-state index contributed by atoms with van der Waals surface area (Å²) in [6.07, 6.45) is 0.815. The Morgan fingerprint density at radius 2 is 2.06 bits per heavy atom. The van der Waals surface area contributed by atoms with E-state index in [-0.39, 0.29) is 5.97 Å². The summed E-state index contributed by atoms with van der Waals surface area (Å²) < 4.78 is 4.61. The predicted molar refractivity (Wildman–Crippen MR) is 63.2 cm³/mol. The maximum absolute atomic E-state index is 11.2. The zero-order valence-corrected chi connectivity index (χ0v) is 9.54. The summed E-state index contributed by atoms with van der Waals surface area (Å²) in [5.74, 6) is 5.73. The van der Waals surface area contributed by atoms with Crippen LogP contribution < -0.4 is 5.32 Å². The number of esters is 1. The standard InChI is InChI=1S/C13H15NO2/c1-14-10-4-3-5-11-6-8-12(9-7-11)13(15)16-2/h6-9,14H,4,10H2,1-2H3. The predicted octanol–water partition coefficient (Wildman–Crippen LogP) is 1.43. The molecule has 1 aromatic rings. The summed E-state index contributed by atoms with van der Waals surface area (Å²) in [7, 11) is 3.26. The van der Waals surface area contributed by atoms with E-state index in [1.54, 1.807) is 12.1 Å². The number of carbonyl (C=O) groups is 1. The molecule has 0 radical (unpaired) electrons. The van der Waals surface area contributed by atoms with E-state index in [0.29, 0.717) is 5.56 Å². The van der Waals surface area contributed by atoms with Crippen molar-refractivity contribution >= 4 is 5.97 Å². The highest BCUT2D eigenvalue weighted by atomic mass is 16.5. The average molecular weight is 217 g/mol. The van der Waals surface area contributed by atoms with Gasteiger partial charge < -0.3 is 10.1 Å². The average Bonchev–Trinajstić information content (AvgIpc) is 2.34. The van der Waals surface area contributed by atoms with E-state index in [2.05, 4.69) is 21.9 Å². The van der Waals surface area contributed by atoms with Gasteiger partial charge in [-0.05, 0) is 31.3 Å². The van der Waals surface area contributed by atoms with Gasteiger partial charge in [0.25, 0.3) is 0 Å². The summed E-state index contributed by atoms with van der Waals surface area (Å²) in [5, 5.41) is 3.02. The maximum atomic E-state index is 11.2. The molecule has 0 heterocycles. The Labute approximate surface area is 95.8 Å². The van der Waals surface area contributed by atoms with Crippen LogP contribution in [0.3, 0.4) is 0 Å². The molecule has 0 aliphatic carbocycles. The molecule has 0 fully saturated rings. The number of nitrogens with one attached hydrogen (secondary N) is 1. The van der Waals surface area contributed by atoms with E-state index >= 15 is 0 Å².